The fourth-order valence-corrected chi connectivity index (χ4v) is 3.25. The number of ether oxygens (including phenoxy) is 1. The van der Waals surface area contributed by atoms with E-state index in [2.05, 4.69) is 4.72 Å². The summed E-state index contributed by atoms with van der Waals surface area (Å²) in [5, 5.41) is 9.03. The molecule has 0 heterocycles. The van der Waals surface area contributed by atoms with Crippen LogP contribution in [0.4, 0.5) is 0 Å². The fourth-order valence-electron chi connectivity index (χ4n) is 1.83. The Hall–Kier alpha value is -1.44. The van der Waals surface area contributed by atoms with Crippen molar-refractivity contribution in [1.82, 2.24) is 4.72 Å². The molecule has 0 aromatic heterocycles. The smallest absolute Gasteiger partial charge is 0.335 e. The predicted octanol–water partition coefficient (Wildman–Crippen LogP) is 1.71. The molecule has 0 amide bonds. The molecule has 0 aliphatic heterocycles. The minimum atomic E-state index is -3.73. The van der Waals surface area contributed by atoms with Crippen LogP contribution in [0, 0.1) is 13.8 Å². The summed E-state index contributed by atoms with van der Waals surface area (Å²) in [6.07, 6.45) is 0.559. The molecule has 1 aromatic rings. The largest absolute Gasteiger partial charge is 0.478 e. The Kier molecular flexibility index (Phi) is 6.32. The van der Waals surface area contributed by atoms with E-state index in [0.29, 0.717) is 30.8 Å². The van der Waals surface area contributed by atoms with Gasteiger partial charge in [0, 0.05) is 19.8 Å². The van der Waals surface area contributed by atoms with Crippen molar-refractivity contribution < 1.29 is 23.1 Å². The molecule has 0 spiro atoms. The number of carboxylic acids is 1. The molecule has 0 bridgehead atoms. The summed E-state index contributed by atoms with van der Waals surface area (Å²) in [6, 6.07) is 2.65. The molecule has 0 saturated carbocycles. The van der Waals surface area contributed by atoms with E-state index in [-0.39, 0.29) is 17.0 Å². The average molecular weight is 315 g/mol. The van der Waals surface area contributed by atoms with Crippen LogP contribution >= 0.6 is 0 Å². The molecule has 6 nitrogen and oxygen atoms in total. The Morgan fingerprint density at radius 1 is 1.33 bits per heavy atom. The van der Waals surface area contributed by atoms with Gasteiger partial charge in [0.2, 0.25) is 10.0 Å². The van der Waals surface area contributed by atoms with E-state index in [1.165, 1.54) is 12.1 Å². The molecular weight excluding hydrogens is 294 g/mol. The molecule has 118 valence electrons. The molecule has 0 atom stereocenters. The molecule has 0 unspecified atom stereocenters. The monoisotopic (exact) mass is 315 g/mol. The van der Waals surface area contributed by atoms with Crippen molar-refractivity contribution in [3.63, 3.8) is 0 Å². The lowest BCUT2D eigenvalue weighted by Gasteiger charge is -2.12. The predicted molar refractivity (Wildman–Crippen MR) is 79.2 cm³/mol. The molecule has 7 heteroatoms. The molecule has 1 aromatic carbocycles. The van der Waals surface area contributed by atoms with Crippen LogP contribution in [0.2, 0.25) is 0 Å². The van der Waals surface area contributed by atoms with Gasteiger partial charge in [0.1, 0.15) is 0 Å². The van der Waals surface area contributed by atoms with Gasteiger partial charge in [-0.05, 0) is 50.5 Å². The third kappa shape index (κ3) is 4.80. The van der Waals surface area contributed by atoms with Crippen molar-refractivity contribution in [2.45, 2.75) is 32.1 Å². The van der Waals surface area contributed by atoms with Crippen LogP contribution in [0.1, 0.15) is 34.8 Å². The summed E-state index contributed by atoms with van der Waals surface area (Å²) < 4.78 is 32.1. The van der Waals surface area contributed by atoms with E-state index in [0.717, 1.165) is 0 Å². The summed E-state index contributed by atoms with van der Waals surface area (Å²) in [5.41, 5.74) is 1.15. The Bertz CT molecular complexity index is 610. The molecule has 1 rings (SSSR count). The summed E-state index contributed by atoms with van der Waals surface area (Å²) in [7, 11) is -3.73. The second-order valence-electron chi connectivity index (χ2n) is 4.67. The average Bonchev–Trinajstić information content (AvgIpc) is 2.40. The van der Waals surface area contributed by atoms with E-state index in [4.69, 9.17) is 9.84 Å². The van der Waals surface area contributed by atoms with E-state index in [1.807, 2.05) is 6.92 Å². The zero-order chi connectivity index (χ0) is 16.0. The van der Waals surface area contributed by atoms with E-state index in [9.17, 15) is 13.2 Å². The maximum Gasteiger partial charge on any atom is 0.335 e. The zero-order valence-electron chi connectivity index (χ0n) is 12.5. The Morgan fingerprint density at radius 3 is 2.57 bits per heavy atom. The van der Waals surface area contributed by atoms with Gasteiger partial charge in [-0.2, -0.15) is 0 Å². The Morgan fingerprint density at radius 2 is 2.00 bits per heavy atom. The number of hydrogen-bond acceptors (Lipinski definition) is 4. The van der Waals surface area contributed by atoms with Gasteiger partial charge in [0.15, 0.2) is 0 Å². The highest BCUT2D eigenvalue weighted by Gasteiger charge is 2.20. The number of carboxylic acid groups (broad SMARTS) is 1. The topological polar surface area (TPSA) is 92.7 Å². The number of nitrogens with one attached hydrogen (secondary N) is 1. The second kappa shape index (κ2) is 7.53. The minimum Gasteiger partial charge on any atom is -0.478 e. The Balaban J connectivity index is 2.94. The van der Waals surface area contributed by atoms with Crippen LogP contribution in [0.15, 0.2) is 17.0 Å². The summed E-state index contributed by atoms with van der Waals surface area (Å²) in [5.74, 6) is -1.15. The van der Waals surface area contributed by atoms with Crippen molar-refractivity contribution in [2.75, 3.05) is 19.8 Å². The standard InChI is InChI=1S/C14H21NO5S/c1-4-20-7-5-6-15-21(18,19)13-9-12(14(16)17)8-10(2)11(13)3/h8-9,15H,4-7H2,1-3H3,(H,16,17). The van der Waals surface area contributed by atoms with Crippen molar-refractivity contribution in [1.29, 1.82) is 0 Å². The second-order valence-corrected chi connectivity index (χ2v) is 6.41. The molecule has 0 fully saturated rings. The quantitative estimate of drug-likeness (QED) is 0.712. The molecule has 2 N–H and O–H groups in total. The molecule has 21 heavy (non-hydrogen) atoms. The highest BCUT2D eigenvalue weighted by Crippen LogP contribution is 2.21. The van der Waals surface area contributed by atoms with Crippen LogP contribution in [0.25, 0.3) is 0 Å². The third-order valence-electron chi connectivity index (χ3n) is 3.12. The van der Waals surface area contributed by atoms with Crippen LogP contribution in [0.5, 0.6) is 0 Å². The van der Waals surface area contributed by atoms with Gasteiger partial charge in [-0.25, -0.2) is 17.9 Å². The van der Waals surface area contributed by atoms with Crippen molar-refractivity contribution >= 4 is 16.0 Å². The summed E-state index contributed by atoms with van der Waals surface area (Å²) >= 11 is 0. The number of hydrogen-bond donors (Lipinski definition) is 2. The SMILES string of the molecule is CCOCCCNS(=O)(=O)c1cc(C(=O)O)cc(C)c1C. The highest BCUT2D eigenvalue weighted by molar-refractivity contribution is 7.89. The van der Waals surface area contributed by atoms with Gasteiger partial charge < -0.3 is 9.84 Å². The molecule has 0 aliphatic rings. The van der Waals surface area contributed by atoms with Gasteiger partial charge in [-0.15, -0.1) is 0 Å². The minimum absolute atomic E-state index is 0.0105. The van der Waals surface area contributed by atoms with Crippen molar-refractivity contribution in [3.8, 4) is 0 Å². The third-order valence-corrected chi connectivity index (χ3v) is 4.71. The number of aromatic carboxylic acids is 1. The van der Waals surface area contributed by atoms with Gasteiger partial charge in [-0.3, -0.25) is 0 Å². The fraction of sp³-hybridized carbons (Fsp3) is 0.500. The normalized spacial score (nSPS) is 11.6. The maximum atomic E-state index is 12.3. The first-order valence-electron chi connectivity index (χ1n) is 6.71. The first kappa shape index (κ1) is 17.6. The molecule has 0 saturated heterocycles. The zero-order valence-corrected chi connectivity index (χ0v) is 13.3. The van der Waals surface area contributed by atoms with E-state index >= 15 is 0 Å². The number of rotatable bonds is 8. The van der Waals surface area contributed by atoms with Gasteiger partial charge >= 0.3 is 5.97 Å². The van der Waals surface area contributed by atoms with Gasteiger partial charge in [0.05, 0.1) is 10.5 Å². The lowest BCUT2D eigenvalue weighted by molar-refractivity contribution is 0.0696. The highest BCUT2D eigenvalue weighted by atomic mass is 32.2. The molecule has 0 aliphatic carbocycles. The van der Waals surface area contributed by atoms with Crippen LogP contribution in [0.3, 0.4) is 0 Å². The van der Waals surface area contributed by atoms with Crippen LogP contribution < -0.4 is 4.72 Å². The lowest BCUT2D eigenvalue weighted by Crippen LogP contribution is -2.26. The van der Waals surface area contributed by atoms with Gasteiger partial charge in [-0.1, -0.05) is 0 Å². The van der Waals surface area contributed by atoms with Crippen LogP contribution in [-0.4, -0.2) is 39.3 Å². The van der Waals surface area contributed by atoms with Crippen LogP contribution in [-0.2, 0) is 14.8 Å². The first-order chi connectivity index (χ1) is 9.79. The number of carbonyl (C=O) groups is 1. The van der Waals surface area contributed by atoms with Crippen molar-refractivity contribution in [2.24, 2.45) is 0 Å². The number of sulfonamides is 1. The van der Waals surface area contributed by atoms with Gasteiger partial charge in [0.25, 0.3) is 0 Å². The summed E-state index contributed by atoms with van der Waals surface area (Å²) in [6.45, 7) is 6.54. The molecule has 0 radical (unpaired) electrons. The number of benzene rings is 1. The van der Waals surface area contributed by atoms with Crippen molar-refractivity contribution in [3.05, 3.63) is 28.8 Å². The van der Waals surface area contributed by atoms with E-state index in [1.54, 1.807) is 13.8 Å². The maximum absolute atomic E-state index is 12.3. The molecular formula is C14H21NO5S. The summed E-state index contributed by atoms with van der Waals surface area (Å²) in [4.78, 5) is 11.1. The first-order valence-corrected chi connectivity index (χ1v) is 8.20. The Labute approximate surface area is 125 Å². The van der Waals surface area contributed by atoms with E-state index < -0.39 is 16.0 Å². The lowest BCUT2D eigenvalue weighted by atomic mass is 10.1. The number of aryl methyl sites for hydroxylation is 1.